The molecule has 6 heteroatoms. The van der Waals surface area contributed by atoms with Crippen LogP contribution in [0.25, 0.3) is 0 Å². The van der Waals surface area contributed by atoms with Gasteiger partial charge in [0.05, 0.1) is 16.4 Å². The van der Waals surface area contributed by atoms with E-state index in [9.17, 15) is 4.79 Å². The summed E-state index contributed by atoms with van der Waals surface area (Å²) in [5.41, 5.74) is 6.86. The summed E-state index contributed by atoms with van der Waals surface area (Å²) in [6.45, 7) is 1.89. The van der Waals surface area contributed by atoms with Gasteiger partial charge in [-0.15, -0.1) is 11.3 Å². The van der Waals surface area contributed by atoms with Crippen molar-refractivity contribution < 1.29 is 14.6 Å². The molecule has 0 radical (unpaired) electrons. The minimum atomic E-state index is -0.981. The van der Waals surface area contributed by atoms with Crippen molar-refractivity contribution in [3.8, 4) is 0 Å². The molecule has 4 nitrogen and oxygen atoms in total. The van der Waals surface area contributed by atoms with E-state index in [1.54, 1.807) is 11.3 Å². The molecule has 15 heavy (non-hydrogen) atoms. The highest BCUT2D eigenvalue weighted by Gasteiger charge is 2.12. The number of aryl methyl sites for hydroxylation is 1. The molecule has 0 amide bonds. The van der Waals surface area contributed by atoms with Gasteiger partial charge in [-0.2, -0.15) is 0 Å². The fraction of sp³-hybridized carbons (Fsp3) is 0.444. The van der Waals surface area contributed by atoms with Crippen molar-refractivity contribution in [1.29, 1.82) is 0 Å². The normalized spacial score (nSPS) is 12.7. The average molecular weight is 294 g/mol. The largest absolute Gasteiger partial charge is 0.480 e. The minimum absolute atomic E-state index is 0.219. The Bertz CT molecular complexity index is 353. The molecule has 0 saturated carbocycles. The van der Waals surface area contributed by atoms with Crippen molar-refractivity contribution in [3.05, 3.63) is 20.3 Å². The third-order valence-corrected chi connectivity index (χ3v) is 3.42. The van der Waals surface area contributed by atoms with E-state index >= 15 is 0 Å². The van der Waals surface area contributed by atoms with Crippen LogP contribution in [-0.2, 0) is 9.53 Å². The molecule has 1 rings (SSSR count). The Balaban J connectivity index is 2.50. The Hall–Kier alpha value is -0.430. The van der Waals surface area contributed by atoms with Crippen LogP contribution in [0.15, 0.2) is 9.85 Å². The van der Waals surface area contributed by atoms with E-state index in [-0.39, 0.29) is 19.3 Å². The summed E-state index contributed by atoms with van der Waals surface area (Å²) in [7, 11) is 0. The summed E-state index contributed by atoms with van der Waals surface area (Å²) >= 11 is 4.97. The highest BCUT2D eigenvalue weighted by Crippen LogP contribution is 2.29. The number of halogens is 1. The summed E-state index contributed by atoms with van der Waals surface area (Å²) in [5, 5.41) is 8.38. The molecular formula is C9H12BrNO3S. The standard InChI is InChI=1S/C9H12BrNO3S/c1-5-6(2-8(10)15-5)7(11)3-14-4-9(12)13/h2,7H,3-4,11H2,1H3,(H,12,13). The van der Waals surface area contributed by atoms with Gasteiger partial charge in [-0.3, -0.25) is 0 Å². The lowest BCUT2D eigenvalue weighted by Crippen LogP contribution is -2.19. The molecule has 0 spiro atoms. The Morgan fingerprint density at radius 2 is 2.47 bits per heavy atom. The summed E-state index contributed by atoms with van der Waals surface area (Å²) in [5.74, 6) is -0.981. The van der Waals surface area contributed by atoms with E-state index in [2.05, 4.69) is 15.9 Å². The van der Waals surface area contributed by atoms with Gasteiger partial charge in [0.15, 0.2) is 0 Å². The fourth-order valence-corrected chi connectivity index (χ4v) is 2.97. The number of carbonyl (C=O) groups is 1. The fourth-order valence-electron chi connectivity index (χ4n) is 1.19. The van der Waals surface area contributed by atoms with Gasteiger partial charge >= 0.3 is 5.97 Å². The summed E-state index contributed by atoms with van der Waals surface area (Å²) in [6.07, 6.45) is 0. The molecule has 1 atom stereocenters. The van der Waals surface area contributed by atoms with Gasteiger partial charge in [-0.1, -0.05) is 0 Å². The maximum Gasteiger partial charge on any atom is 0.329 e. The molecular weight excluding hydrogens is 282 g/mol. The lowest BCUT2D eigenvalue weighted by molar-refractivity contribution is -0.142. The van der Waals surface area contributed by atoms with Gasteiger partial charge < -0.3 is 15.6 Å². The van der Waals surface area contributed by atoms with Crippen LogP contribution in [0.2, 0.25) is 0 Å². The van der Waals surface area contributed by atoms with Crippen LogP contribution < -0.4 is 5.73 Å². The summed E-state index contributed by atoms with van der Waals surface area (Å²) < 4.78 is 5.96. The van der Waals surface area contributed by atoms with Crippen molar-refractivity contribution in [3.63, 3.8) is 0 Å². The number of rotatable bonds is 5. The minimum Gasteiger partial charge on any atom is -0.480 e. The van der Waals surface area contributed by atoms with Crippen LogP contribution in [0.4, 0.5) is 0 Å². The molecule has 1 aromatic heterocycles. The van der Waals surface area contributed by atoms with Crippen LogP contribution in [-0.4, -0.2) is 24.3 Å². The third-order valence-electron chi connectivity index (χ3n) is 1.85. The molecule has 0 bridgehead atoms. The van der Waals surface area contributed by atoms with Crippen LogP contribution in [0.3, 0.4) is 0 Å². The molecule has 0 aromatic carbocycles. The SMILES string of the molecule is Cc1sc(Br)cc1C(N)COCC(=O)O. The van der Waals surface area contributed by atoms with Crippen LogP contribution in [0.1, 0.15) is 16.5 Å². The van der Waals surface area contributed by atoms with Crippen LogP contribution >= 0.6 is 27.3 Å². The van der Waals surface area contributed by atoms with Gasteiger partial charge in [0, 0.05) is 4.88 Å². The van der Waals surface area contributed by atoms with E-state index in [1.807, 2.05) is 13.0 Å². The number of hydrogen-bond donors (Lipinski definition) is 2. The van der Waals surface area contributed by atoms with Crippen molar-refractivity contribution in [2.45, 2.75) is 13.0 Å². The van der Waals surface area contributed by atoms with E-state index in [4.69, 9.17) is 15.6 Å². The maximum absolute atomic E-state index is 10.2. The second-order valence-corrected chi connectivity index (χ2v) is 5.71. The van der Waals surface area contributed by atoms with Gasteiger partial charge in [-0.25, -0.2) is 4.79 Å². The lowest BCUT2D eigenvalue weighted by atomic mass is 10.1. The number of ether oxygens (including phenoxy) is 1. The summed E-state index contributed by atoms with van der Waals surface area (Å²) in [6, 6.07) is 1.67. The van der Waals surface area contributed by atoms with Crippen LogP contribution in [0.5, 0.6) is 0 Å². The first-order chi connectivity index (χ1) is 7.00. The molecule has 0 aliphatic carbocycles. The molecule has 0 fully saturated rings. The predicted molar refractivity (Wildman–Crippen MR) is 62.1 cm³/mol. The number of carboxylic acid groups (broad SMARTS) is 1. The highest BCUT2D eigenvalue weighted by molar-refractivity contribution is 9.11. The second-order valence-electron chi connectivity index (χ2n) is 3.08. The molecule has 1 aromatic rings. The second kappa shape index (κ2) is 5.60. The number of hydrogen-bond acceptors (Lipinski definition) is 4. The zero-order valence-corrected chi connectivity index (χ0v) is 10.6. The Kier molecular flexibility index (Phi) is 4.72. The Labute approximate surface area is 100 Å². The van der Waals surface area contributed by atoms with E-state index in [1.165, 1.54) is 0 Å². The topological polar surface area (TPSA) is 72.5 Å². The van der Waals surface area contributed by atoms with Crippen LogP contribution in [0, 0.1) is 6.92 Å². The smallest absolute Gasteiger partial charge is 0.329 e. The number of aliphatic carboxylic acids is 1. The van der Waals surface area contributed by atoms with Crippen molar-refractivity contribution in [1.82, 2.24) is 0 Å². The summed E-state index contributed by atoms with van der Waals surface area (Å²) in [4.78, 5) is 11.3. The van der Waals surface area contributed by atoms with E-state index in [0.29, 0.717) is 0 Å². The predicted octanol–water partition coefficient (Wildman–Crippen LogP) is 1.92. The van der Waals surface area contributed by atoms with Crippen molar-refractivity contribution in [2.24, 2.45) is 5.73 Å². The third kappa shape index (κ3) is 3.90. The van der Waals surface area contributed by atoms with Gasteiger partial charge in [0.1, 0.15) is 6.61 Å². The number of thiophene rings is 1. The molecule has 3 N–H and O–H groups in total. The van der Waals surface area contributed by atoms with Crippen molar-refractivity contribution >= 4 is 33.2 Å². The Morgan fingerprint density at radius 1 is 1.80 bits per heavy atom. The Morgan fingerprint density at radius 3 is 2.93 bits per heavy atom. The zero-order valence-electron chi connectivity index (χ0n) is 8.20. The molecule has 1 unspecified atom stereocenters. The first-order valence-electron chi connectivity index (χ1n) is 4.31. The lowest BCUT2D eigenvalue weighted by Gasteiger charge is -2.10. The van der Waals surface area contributed by atoms with Gasteiger partial charge in [0.2, 0.25) is 0 Å². The number of nitrogens with two attached hydrogens (primary N) is 1. The van der Waals surface area contributed by atoms with E-state index < -0.39 is 5.97 Å². The van der Waals surface area contributed by atoms with Crippen molar-refractivity contribution in [2.75, 3.05) is 13.2 Å². The molecule has 1 heterocycles. The monoisotopic (exact) mass is 293 g/mol. The maximum atomic E-state index is 10.2. The number of carboxylic acids is 1. The molecule has 0 saturated heterocycles. The van der Waals surface area contributed by atoms with E-state index in [0.717, 1.165) is 14.2 Å². The quantitative estimate of drug-likeness (QED) is 0.870. The first kappa shape index (κ1) is 12.6. The van der Waals surface area contributed by atoms with Gasteiger partial charge in [-0.05, 0) is 34.5 Å². The highest BCUT2D eigenvalue weighted by atomic mass is 79.9. The average Bonchev–Trinajstić information content (AvgIpc) is 2.44. The molecule has 84 valence electrons. The zero-order chi connectivity index (χ0) is 11.4. The first-order valence-corrected chi connectivity index (χ1v) is 5.92. The molecule has 0 aliphatic heterocycles. The van der Waals surface area contributed by atoms with Gasteiger partial charge in [0.25, 0.3) is 0 Å². The molecule has 0 aliphatic rings.